The molecule has 0 bridgehead atoms. The highest BCUT2D eigenvalue weighted by atomic mass is 16.3. The highest BCUT2D eigenvalue weighted by molar-refractivity contribution is 5.94. The maximum Gasteiger partial charge on any atom is 0.255 e. The minimum atomic E-state index is -0.0277. The lowest BCUT2D eigenvalue weighted by molar-refractivity contribution is -0.124. The maximum atomic E-state index is 12.9. The largest absolute Gasteiger partial charge is 0.396 e. The van der Waals surface area contributed by atoms with E-state index in [1.807, 2.05) is 17.0 Å². The number of carbonyl (C=O) groups excluding carboxylic acids is 2. The van der Waals surface area contributed by atoms with E-state index in [1.165, 1.54) is 0 Å². The number of rotatable bonds is 6. The first kappa shape index (κ1) is 20.8. The molecule has 6 nitrogen and oxygen atoms in total. The number of amides is 1. The molecule has 1 atom stereocenters. The Hall–Kier alpha value is -1.95. The lowest BCUT2D eigenvalue weighted by Gasteiger charge is -2.33. The van der Waals surface area contributed by atoms with Gasteiger partial charge in [0, 0.05) is 51.3 Å². The Morgan fingerprint density at radius 2 is 1.93 bits per heavy atom. The van der Waals surface area contributed by atoms with Crippen LogP contribution in [0.1, 0.15) is 56.3 Å². The molecule has 28 heavy (non-hydrogen) atoms. The van der Waals surface area contributed by atoms with Gasteiger partial charge in [0.05, 0.1) is 5.56 Å². The maximum absolute atomic E-state index is 12.9. The van der Waals surface area contributed by atoms with Gasteiger partial charge in [-0.3, -0.25) is 9.59 Å². The highest BCUT2D eigenvalue weighted by Crippen LogP contribution is 2.24. The van der Waals surface area contributed by atoms with Crippen molar-refractivity contribution in [3.63, 3.8) is 0 Å². The predicted octanol–water partition coefficient (Wildman–Crippen LogP) is 2.76. The molecule has 1 N–H and O–H groups in total. The van der Waals surface area contributed by atoms with Crippen molar-refractivity contribution in [2.45, 2.75) is 46.0 Å². The fraction of sp³-hybridized carbons (Fsp3) is 0.682. The van der Waals surface area contributed by atoms with Gasteiger partial charge in [-0.05, 0) is 49.7 Å². The van der Waals surface area contributed by atoms with Crippen molar-refractivity contribution in [1.29, 1.82) is 0 Å². The molecule has 3 heterocycles. The number of carbonyl (C=O) groups is 2. The van der Waals surface area contributed by atoms with Crippen LogP contribution in [-0.4, -0.2) is 59.5 Å². The number of pyridine rings is 1. The standard InChI is InChI=1S/C22H33N3O3/c1-16(2)12-20(27)19-4-3-9-25(14-19)22(28)18-5-6-21(23-13-18)24-10-7-17(15-26)8-11-24/h5-6,13,16-17,19,26H,3-4,7-12,14-15H2,1-2H3/t19-/m1/s1. The second kappa shape index (κ2) is 9.50. The number of aliphatic hydroxyl groups is 1. The van der Waals surface area contributed by atoms with Crippen molar-refractivity contribution in [2.75, 3.05) is 37.7 Å². The molecule has 1 aromatic rings. The number of hydrogen-bond donors (Lipinski definition) is 1. The van der Waals surface area contributed by atoms with Crippen molar-refractivity contribution in [3.05, 3.63) is 23.9 Å². The van der Waals surface area contributed by atoms with Crippen LogP contribution in [0.25, 0.3) is 0 Å². The number of anilines is 1. The second-order valence-corrected chi connectivity index (χ2v) is 8.67. The van der Waals surface area contributed by atoms with E-state index >= 15 is 0 Å². The molecule has 154 valence electrons. The Morgan fingerprint density at radius 1 is 1.18 bits per heavy atom. The number of likely N-dealkylation sites (tertiary alicyclic amines) is 1. The summed E-state index contributed by atoms with van der Waals surface area (Å²) >= 11 is 0. The average molecular weight is 388 g/mol. The molecule has 0 radical (unpaired) electrons. The SMILES string of the molecule is CC(C)CC(=O)[C@@H]1CCCN(C(=O)c2ccc(N3CCC(CO)CC3)nc2)C1. The Balaban J connectivity index is 1.59. The zero-order chi connectivity index (χ0) is 20.1. The Labute approximate surface area is 167 Å². The van der Waals surface area contributed by atoms with Gasteiger partial charge in [0.1, 0.15) is 11.6 Å². The lowest BCUT2D eigenvalue weighted by atomic mass is 9.89. The van der Waals surface area contributed by atoms with Crippen molar-refractivity contribution in [2.24, 2.45) is 17.8 Å². The molecule has 3 rings (SSSR count). The van der Waals surface area contributed by atoms with Gasteiger partial charge in [0.25, 0.3) is 5.91 Å². The summed E-state index contributed by atoms with van der Waals surface area (Å²) in [7, 11) is 0. The minimum Gasteiger partial charge on any atom is -0.396 e. The predicted molar refractivity (Wildman–Crippen MR) is 109 cm³/mol. The number of nitrogens with zero attached hydrogens (tertiary/aromatic N) is 3. The third-order valence-electron chi connectivity index (χ3n) is 5.96. The third-order valence-corrected chi connectivity index (χ3v) is 5.96. The fourth-order valence-corrected chi connectivity index (χ4v) is 4.22. The number of aromatic nitrogens is 1. The van der Waals surface area contributed by atoms with E-state index in [1.54, 1.807) is 6.20 Å². The van der Waals surface area contributed by atoms with E-state index < -0.39 is 0 Å². The highest BCUT2D eigenvalue weighted by Gasteiger charge is 2.29. The zero-order valence-electron chi connectivity index (χ0n) is 17.1. The molecule has 0 aliphatic carbocycles. The van der Waals surface area contributed by atoms with Crippen molar-refractivity contribution in [1.82, 2.24) is 9.88 Å². The van der Waals surface area contributed by atoms with Gasteiger partial charge in [-0.1, -0.05) is 13.8 Å². The summed E-state index contributed by atoms with van der Waals surface area (Å²) in [4.78, 5) is 33.8. The molecule has 1 amide bonds. The van der Waals surface area contributed by atoms with Crippen molar-refractivity contribution >= 4 is 17.5 Å². The molecule has 6 heteroatoms. The summed E-state index contributed by atoms with van der Waals surface area (Å²) in [6, 6.07) is 3.76. The zero-order valence-corrected chi connectivity index (χ0v) is 17.1. The van der Waals surface area contributed by atoms with E-state index in [2.05, 4.69) is 23.7 Å². The summed E-state index contributed by atoms with van der Waals surface area (Å²) in [6.07, 6.45) is 5.96. The van der Waals surface area contributed by atoms with E-state index in [0.717, 1.165) is 44.6 Å². The monoisotopic (exact) mass is 387 g/mol. The van der Waals surface area contributed by atoms with Crippen LogP contribution in [0.15, 0.2) is 18.3 Å². The minimum absolute atomic E-state index is 0.0276. The summed E-state index contributed by atoms with van der Waals surface area (Å²) < 4.78 is 0. The molecule has 2 fully saturated rings. The second-order valence-electron chi connectivity index (χ2n) is 8.67. The van der Waals surface area contributed by atoms with Crippen molar-refractivity contribution in [3.8, 4) is 0 Å². The van der Waals surface area contributed by atoms with Gasteiger partial charge >= 0.3 is 0 Å². The van der Waals surface area contributed by atoms with Gasteiger partial charge in [-0.15, -0.1) is 0 Å². The molecule has 2 saturated heterocycles. The van der Waals surface area contributed by atoms with Crippen LogP contribution in [0.4, 0.5) is 5.82 Å². The smallest absolute Gasteiger partial charge is 0.255 e. The van der Waals surface area contributed by atoms with Crippen LogP contribution in [-0.2, 0) is 4.79 Å². The molecule has 2 aliphatic rings. The van der Waals surface area contributed by atoms with Crippen LogP contribution in [0.3, 0.4) is 0 Å². The van der Waals surface area contributed by atoms with E-state index in [-0.39, 0.29) is 24.2 Å². The first-order chi connectivity index (χ1) is 13.5. The summed E-state index contributed by atoms with van der Waals surface area (Å²) in [5, 5.41) is 9.27. The van der Waals surface area contributed by atoms with E-state index in [9.17, 15) is 14.7 Å². The van der Waals surface area contributed by atoms with Crippen molar-refractivity contribution < 1.29 is 14.7 Å². The quantitative estimate of drug-likeness (QED) is 0.812. The fourth-order valence-electron chi connectivity index (χ4n) is 4.22. The van der Waals surface area contributed by atoms with Crippen LogP contribution < -0.4 is 4.90 Å². The number of Topliss-reactive ketones (excluding diaryl/α,β-unsaturated/α-hetero) is 1. The molecule has 0 saturated carbocycles. The van der Waals surface area contributed by atoms with Gasteiger partial charge in [0.15, 0.2) is 0 Å². The van der Waals surface area contributed by atoms with E-state index in [4.69, 9.17) is 0 Å². The van der Waals surface area contributed by atoms with Gasteiger partial charge < -0.3 is 14.9 Å². The molecule has 2 aliphatic heterocycles. The van der Waals surface area contributed by atoms with Crippen LogP contribution in [0, 0.1) is 17.8 Å². The van der Waals surface area contributed by atoms with E-state index in [0.29, 0.717) is 36.9 Å². The third kappa shape index (κ3) is 5.10. The van der Waals surface area contributed by atoms with Crippen LogP contribution in [0.2, 0.25) is 0 Å². The van der Waals surface area contributed by atoms with Gasteiger partial charge in [-0.2, -0.15) is 0 Å². The Kier molecular flexibility index (Phi) is 7.05. The molecule has 0 spiro atoms. The molecule has 1 aromatic heterocycles. The van der Waals surface area contributed by atoms with Gasteiger partial charge in [0.2, 0.25) is 0 Å². The molecule has 0 unspecified atom stereocenters. The first-order valence-corrected chi connectivity index (χ1v) is 10.6. The van der Waals surface area contributed by atoms with Gasteiger partial charge in [-0.25, -0.2) is 4.98 Å². The Bertz CT molecular complexity index is 666. The normalized spacial score (nSPS) is 21.2. The number of piperidine rings is 2. The molecule has 0 aromatic carbocycles. The first-order valence-electron chi connectivity index (χ1n) is 10.6. The lowest BCUT2D eigenvalue weighted by Crippen LogP contribution is -2.42. The topological polar surface area (TPSA) is 73.7 Å². The Morgan fingerprint density at radius 3 is 2.54 bits per heavy atom. The van der Waals surface area contributed by atoms with Crippen LogP contribution in [0.5, 0.6) is 0 Å². The van der Waals surface area contributed by atoms with Crippen LogP contribution >= 0.6 is 0 Å². The summed E-state index contributed by atoms with van der Waals surface area (Å²) in [6.45, 7) is 7.38. The molecular weight excluding hydrogens is 354 g/mol. The number of ketones is 1. The summed E-state index contributed by atoms with van der Waals surface area (Å²) in [5.41, 5.74) is 0.589. The summed E-state index contributed by atoms with van der Waals surface area (Å²) in [5.74, 6) is 1.87. The number of hydrogen-bond acceptors (Lipinski definition) is 5. The average Bonchev–Trinajstić information content (AvgIpc) is 2.73. The molecular formula is C22H33N3O3. The number of aliphatic hydroxyl groups excluding tert-OH is 1.